The Morgan fingerprint density at radius 2 is 1.87 bits per heavy atom. The Morgan fingerprint density at radius 1 is 1.33 bits per heavy atom. The fourth-order valence-electron chi connectivity index (χ4n) is 0.723. The molecule has 0 aromatic heterocycles. The van der Waals surface area contributed by atoms with Gasteiger partial charge in [-0.25, -0.2) is 0 Å². The third-order valence-electron chi connectivity index (χ3n) is 1.57. The first kappa shape index (κ1) is 13.8. The van der Waals surface area contributed by atoms with Crippen molar-refractivity contribution in [1.29, 1.82) is 0 Å². The Morgan fingerprint density at radius 3 is 2.27 bits per heavy atom. The molecule has 0 saturated carbocycles. The van der Waals surface area contributed by atoms with Crippen LogP contribution in [-0.4, -0.2) is 40.7 Å². The van der Waals surface area contributed by atoms with Crippen molar-refractivity contribution in [3.05, 3.63) is 0 Å². The van der Waals surface area contributed by atoms with Crippen LogP contribution in [0.4, 0.5) is 0 Å². The molecule has 1 atom stereocenters. The summed E-state index contributed by atoms with van der Waals surface area (Å²) < 4.78 is -1.12. The lowest BCUT2D eigenvalue weighted by Gasteiger charge is -2.22. The van der Waals surface area contributed by atoms with E-state index >= 15 is 0 Å². The number of hydrogen-bond donors (Lipinski definition) is 4. The van der Waals surface area contributed by atoms with Crippen LogP contribution in [0.2, 0.25) is 0 Å². The molecule has 0 aromatic rings. The molecule has 0 spiro atoms. The number of aliphatic carboxylic acids is 1. The number of rotatable bonds is 5. The van der Waals surface area contributed by atoms with Crippen LogP contribution in [0.15, 0.2) is 0 Å². The van der Waals surface area contributed by atoms with Crippen molar-refractivity contribution in [3.63, 3.8) is 0 Å². The summed E-state index contributed by atoms with van der Waals surface area (Å²) >= 11 is 4.04. The van der Waals surface area contributed by atoms with E-state index in [1.165, 1.54) is 13.8 Å². The summed E-state index contributed by atoms with van der Waals surface area (Å²) in [5.41, 5.74) is 0. The number of carboxylic acids is 1. The number of carbonyl (C=O) groups excluding carboxylic acids is 2. The van der Waals surface area contributed by atoms with E-state index in [1.807, 2.05) is 0 Å². The van der Waals surface area contributed by atoms with Crippen LogP contribution in [-0.2, 0) is 14.4 Å². The van der Waals surface area contributed by atoms with Crippen molar-refractivity contribution in [2.24, 2.45) is 0 Å². The minimum atomic E-state index is -1.13. The molecule has 3 N–H and O–H groups in total. The average Bonchev–Trinajstić information content (AvgIpc) is 2.11. The first-order chi connectivity index (χ1) is 6.75. The molecular formula is C8H14N2O4S. The van der Waals surface area contributed by atoms with Crippen LogP contribution in [0.5, 0.6) is 0 Å². The molecule has 86 valence electrons. The van der Waals surface area contributed by atoms with Gasteiger partial charge in [0, 0.05) is 13.5 Å². The summed E-state index contributed by atoms with van der Waals surface area (Å²) in [5, 5.41) is 12.9. The van der Waals surface area contributed by atoms with Gasteiger partial charge in [0.05, 0.1) is 0 Å². The summed E-state index contributed by atoms with van der Waals surface area (Å²) in [4.78, 5) is 32.2. The van der Waals surface area contributed by atoms with Crippen molar-refractivity contribution in [1.82, 2.24) is 10.6 Å². The Kier molecular flexibility index (Phi) is 5.13. The van der Waals surface area contributed by atoms with E-state index in [9.17, 15) is 14.4 Å². The van der Waals surface area contributed by atoms with Crippen LogP contribution in [0.25, 0.3) is 0 Å². The van der Waals surface area contributed by atoms with Gasteiger partial charge in [-0.1, -0.05) is 0 Å². The van der Waals surface area contributed by atoms with Crippen LogP contribution in [0.3, 0.4) is 0 Å². The van der Waals surface area contributed by atoms with Gasteiger partial charge >= 0.3 is 5.97 Å². The monoisotopic (exact) mass is 234 g/mol. The Hall–Kier alpha value is -1.24. The number of carboxylic acid groups (broad SMARTS) is 1. The Bertz CT molecular complexity index is 278. The number of amides is 2. The van der Waals surface area contributed by atoms with Crippen molar-refractivity contribution in [3.8, 4) is 0 Å². The molecule has 7 heteroatoms. The van der Waals surface area contributed by atoms with E-state index in [0.29, 0.717) is 0 Å². The highest BCUT2D eigenvalue weighted by molar-refractivity contribution is 7.82. The van der Waals surface area contributed by atoms with E-state index in [4.69, 9.17) is 5.11 Å². The van der Waals surface area contributed by atoms with Gasteiger partial charge in [0.2, 0.25) is 11.8 Å². The van der Waals surface area contributed by atoms with E-state index in [2.05, 4.69) is 23.3 Å². The largest absolute Gasteiger partial charge is 0.480 e. The molecule has 1 unspecified atom stereocenters. The molecule has 0 bridgehead atoms. The number of carbonyl (C=O) groups is 3. The highest BCUT2D eigenvalue weighted by Gasteiger charge is 2.29. The van der Waals surface area contributed by atoms with Gasteiger partial charge in [-0.15, -0.1) is 0 Å². The topological polar surface area (TPSA) is 95.5 Å². The molecular weight excluding hydrogens is 220 g/mol. The predicted molar refractivity (Wildman–Crippen MR) is 56.7 cm³/mol. The average molecular weight is 234 g/mol. The van der Waals surface area contributed by atoms with Crippen molar-refractivity contribution in [2.45, 2.75) is 18.6 Å². The maximum atomic E-state index is 11.4. The number of nitrogens with one attached hydrogen (secondary N) is 2. The van der Waals surface area contributed by atoms with Gasteiger partial charge in [-0.05, 0) is 6.92 Å². The Balaban J connectivity index is 4.13. The van der Waals surface area contributed by atoms with E-state index in [0.717, 1.165) is 0 Å². The molecule has 0 radical (unpaired) electrons. The molecule has 6 nitrogen and oxygen atoms in total. The summed E-state index contributed by atoms with van der Waals surface area (Å²) in [7, 11) is 0. The summed E-state index contributed by atoms with van der Waals surface area (Å²) in [6.45, 7) is 2.38. The SMILES string of the molecule is CC(=O)NCC(C)(S)C(=O)NCC(=O)O. The third kappa shape index (κ3) is 5.95. The zero-order chi connectivity index (χ0) is 12.1. The van der Waals surface area contributed by atoms with E-state index < -0.39 is 23.2 Å². The van der Waals surface area contributed by atoms with E-state index in [1.54, 1.807) is 0 Å². The van der Waals surface area contributed by atoms with E-state index in [-0.39, 0.29) is 12.5 Å². The molecule has 0 aliphatic heterocycles. The first-order valence-electron chi connectivity index (χ1n) is 4.22. The summed E-state index contributed by atoms with van der Waals surface area (Å²) in [6.07, 6.45) is 0. The lowest BCUT2D eigenvalue weighted by Crippen LogP contribution is -2.49. The molecule has 0 aromatic carbocycles. The van der Waals surface area contributed by atoms with Crippen molar-refractivity contribution >= 4 is 30.4 Å². The van der Waals surface area contributed by atoms with Gasteiger partial charge in [-0.2, -0.15) is 12.6 Å². The maximum absolute atomic E-state index is 11.4. The standard InChI is InChI=1S/C8H14N2O4S/c1-5(11)10-4-8(2,15)7(14)9-3-6(12)13/h15H,3-4H2,1-2H3,(H,9,14)(H,10,11)(H,12,13). The lowest BCUT2D eigenvalue weighted by atomic mass is 10.1. The number of thiol groups is 1. The molecule has 2 amide bonds. The first-order valence-corrected chi connectivity index (χ1v) is 4.67. The number of hydrogen-bond acceptors (Lipinski definition) is 4. The minimum absolute atomic E-state index is 0.0386. The fraction of sp³-hybridized carbons (Fsp3) is 0.625. The molecule has 0 heterocycles. The molecule has 0 fully saturated rings. The van der Waals surface area contributed by atoms with Gasteiger partial charge in [-0.3, -0.25) is 14.4 Å². The molecule has 0 aliphatic carbocycles. The fourth-order valence-corrected chi connectivity index (χ4v) is 0.881. The van der Waals surface area contributed by atoms with Gasteiger partial charge in [0.1, 0.15) is 11.3 Å². The maximum Gasteiger partial charge on any atom is 0.322 e. The summed E-state index contributed by atoms with van der Waals surface area (Å²) in [5.74, 6) is -1.95. The minimum Gasteiger partial charge on any atom is -0.480 e. The molecule has 0 aliphatic rings. The van der Waals surface area contributed by atoms with Crippen LogP contribution in [0, 0.1) is 0 Å². The quantitative estimate of drug-likeness (QED) is 0.459. The van der Waals surface area contributed by atoms with Crippen LogP contribution >= 0.6 is 12.6 Å². The second kappa shape index (κ2) is 5.59. The molecule has 0 rings (SSSR count). The highest BCUT2D eigenvalue weighted by Crippen LogP contribution is 2.11. The molecule has 15 heavy (non-hydrogen) atoms. The van der Waals surface area contributed by atoms with Crippen molar-refractivity contribution in [2.75, 3.05) is 13.1 Å². The van der Waals surface area contributed by atoms with Crippen molar-refractivity contribution < 1.29 is 19.5 Å². The smallest absolute Gasteiger partial charge is 0.322 e. The van der Waals surface area contributed by atoms with Crippen LogP contribution < -0.4 is 10.6 Å². The Labute approximate surface area is 92.8 Å². The lowest BCUT2D eigenvalue weighted by molar-refractivity contribution is -0.138. The predicted octanol–water partition coefficient (Wildman–Crippen LogP) is -0.988. The zero-order valence-corrected chi connectivity index (χ0v) is 9.43. The normalized spacial score (nSPS) is 13.8. The van der Waals surface area contributed by atoms with Gasteiger partial charge in [0.15, 0.2) is 0 Å². The van der Waals surface area contributed by atoms with Crippen LogP contribution in [0.1, 0.15) is 13.8 Å². The van der Waals surface area contributed by atoms with Gasteiger partial charge in [0.25, 0.3) is 0 Å². The van der Waals surface area contributed by atoms with Gasteiger partial charge < -0.3 is 15.7 Å². The summed E-state index contributed by atoms with van der Waals surface area (Å²) in [6, 6.07) is 0. The molecule has 0 saturated heterocycles. The second-order valence-corrected chi connectivity index (χ2v) is 4.25. The second-order valence-electron chi connectivity index (χ2n) is 3.26. The zero-order valence-electron chi connectivity index (χ0n) is 8.53. The third-order valence-corrected chi connectivity index (χ3v) is 1.93. The highest BCUT2D eigenvalue weighted by atomic mass is 32.1.